The summed E-state index contributed by atoms with van der Waals surface area (Å²) in [5.74, 6) is -0.0334. The fourth-order valence-electron chi connectivity index (χ4n) is 2.84. The highest BCUT2D eigenvalue weighted by atomic mass is 35.5. The van der Waals surface area contributed by atoms with Crippen LogP contribution in [0.25, 0.3) is 0 Å². The molecule has 1 aliphatic heterocycles. The third-order valence-corrected chi connectivity index (χ3v) is 4.35. The summed E-state index contributed by atoms with van der Waals surface area (Å²) in [5, 5.41) is 3.70. The van der Waals surface area contributed by atoms with Gasteiger partial charge in [-0.15, -0.1) is 0 Å². The topological polar surface area (TPSA) is 53.2 Å². The molecule has 2 aromatic carbocycles. The summed E-state index contributed by atoms with van der Waals surface area (Å²) in [5.41, 5.74) is 10.4. The van der Waals surface area contributed by atoms with Gasteiger partial charge in [-0.25, -0.2) is 10.9 Å². The number of carbonyl (C=O) groups is 1. The van der Waals surface area contributed by atoms with Crippen molar-refractivity contribution in [3.05, 3.63) is 64.2 Å². The molecule has 120 valence electrons. The zero-order valence-electron chi connectivity index (χ0n) is 13.2. The van der Waals surface area contributed by atoms with Gasteiger partial charge in [-0.2, -0.15) is 0 Å². The van der Waals surface area contributed by atoms with Crippen LogP contribution in [-0.2, 0) is 4.79 Å². The van der Waals surface area contributed by atoms with Gasteiger partial charge in [0.1, 0.15) is 6.04 Å². The highest BCUT2D eigenvalue weighted by Gasteiger charge is 2.30. The van der Waals surface area contributed by atoms with Gasteiger partial charge in [-0.3, -0.25) is 4.79 Å². The monoisotopic (exact) mass is 329 g/mol. The first-order valence-electron chi connectivity index (χ1n) is 7.67. The molecule has 0 saturated carbocycles. The molecule has 3 rings (SSSR count). The zero-order chi connectivity index (χ0) is 16.4. The molecule has 23 heavy (non-hydrogen) atoms. The van der Waals surface area contributed by atoms with Crippen molar-refractivity contribution in [2.75, 3.05) is 5.32 Å². The number of hydrogen-bond donors (Lipinski definition) is 3. The lowest BCUT2D eigenvalue weighted by Gasteiger charge is -2.13. The molecule has 1 heterocycles. The van der Waals surface area contributed by atoms with E-state index < -0.39 is 0 Å². The van der Waals surface area contributed by atoms with E-state index in [1.165, 1.54) is 5.56 Å². The molecule has 0 spiro atoms. The average molecular weight is 330 g/mol. The van der Waals surface area contributed by atoms with E-state index in [1.807, 2.05) is 50.2 Å². The summed E-state index contributed by atoms with van der Waals surface area (Å²) >= 11 is 6.03. The molecule has 2 unspecified atom stereocenters. The van der Waals surface area contributed by atoms with Crippen molar-refractivity contribution in [3.63, 3.8) is 0 Å². The Morgan fingerprint density at radius 3 is 2.74 bits per heavy atom. The second-order valence-electron chi connectivity index (χ2n) is 5.99. The second kappa shape index (κ2) is 6.71. The lowest BCUT2D eigenvalue weighted by molar-refractivity contribution is -0.117. The molecule has 0 radical (unpaired) electrons. The van der Waals surface area contributed by atoms with Crippen molar-refractivity contribution < 1.29 is 4.79 Å². The predicted molar refractivity (Wildman–Crippen MR) is 93.4 cm³/mol. The molecule has 1 saturated heterocycles. The molecule has 2 atom stereocenters. The average Bonchev–Trinajstić information content (AvgIpc) is 3.00. The quantitative estimate of drug-likeness (QED) is 0.807. The highest BCUT2D eigenvalue weighted by Crippen LogP contribution is 2.25. The molecule has 1 fully saturated rings. The fraction of sp³-hybridized carbons (Fsp3) is 0.278. The van der Waals surface area contributed by atoms with Crippen molar-refractivity contribution >= 4 is 23.2 Å². The molecule has 5 heteroatoms. The first-order valence-corrected chi connectivity index (χ1v) is 8.05. The normalized spacial score (nSPS) is 20.5. The van der Waals surface area contributed by atoms with Crippen molar-refractivity contribution in [1.82, 2.24) is 10.9 Å². The number of carbonyl (C=O) groups excluding carboxylic acids is 1. The van der Waals surface area contributed by atoms with Crippen LogP contribution in [0.5, 0.6) is 0 Å². The van der Waals surface area contributed by atoms with Crippen LogP contribution in [0.4, 0.5) is 5.69 Å². The molecule has 0 aromatic heterocycles. The third-order valence-electron chi connectivity index (χ3n) is 4.11. The number of anilines is 1. The summed E-state index contributed by atoms with van der Waals surface area (Å²) in [6.45, 7) is 4.04. The van der Waals surface area contributed by atoms with Crippen LogP contribution in [0.2, 0.25) is 5.02 Å². The van der Waals surface area contributed by atoms with Gasteiger partial charge in [0, 0.05) is 16.8 Å². The predicted octanol–water partition coefficient (Wildman–Crippen LogP) is 3.50. The Hall–Kier alpha value is -1.88. The minimum absolute atomic E-state index is 0.0334. The SMILES string of the molecule is Cc1ccc(NC(=O)C2CC(c3cccc(Cl)c3)NN2)c(C)c1. The number of amides is 1. The number of hydrogen-bond acceptors (Lipinski definition) is 3. The van der Waals surface area contributed by atoms with E-state index in [0.717, 1.165) is 16.8 Å². The van der Waals surface area contributed by atoms with Crippen LogP contribution >= 0.6 is 11.6 Å². The number of aryl methyl sites for hydroxylation is 2. The third kappa shape index (κ3) is 3.72. The van der Waals surface area contributed by atoms with Crippen LogP contribution in [-0.4, -0.2) is 11.9 Å². The van der Waals surface area contributed by atoms with Gasteiger partial charge in [-0.05, 0) is 49.6 Å². The van der Waals surface area contributed by atoms with Crippen molar-refractivity contribution in [2.24, 2.45) is 0 Å². The van der Waals surface area contributed by atoms with E-state index in [-0.39, 0.29) is 18.0 Å². The zero-order valence-corrected chi connectivity index (χ0v) is 13.9. The van der Waals surface area contributed by atoms with Crippen LogP contribution in [0.1, 0.15) is 29.2 Å². The maximum atomic E-state index is 12.5. The molecule has 0 aliphatic carbocycles. The lowest BCUT2D eigenvalue weighted by atomic mass is 10.0. The Morgan fingerprint density at radius 2 is 2.00 bits per heavy atom. The molecule has 2 aromatic rings. The summed E-state index contributed by atoms with van der Waals surface area (Å²) in [7, 11) is 0. The smallest absolute Gasteiger partial charge is 0.242 e. The van der Waals surface area contributed by atoms with Gasteiger partial charge in [0.05, 0.1) is 0 Å². The maximum Gasteiger partial charge on any atom is 0.242 e. The van der Waals surface area contributed by atoms with Crippen molar-refractivity contribution in [1.29, 1.82) is 0 Å². The van der Waals surface area contributed by atoms with E-state index in [2.05, 4.69) is 22.2 Å². The van der Waals surface area contributed by atoms with Crippen molar-refractivity contribution in [3.8, 4) is 0 Å². The molecule has 1 amide bonds. The Labute approximate surface area is 141 Å². The van der Waals surface area contributed by atoms with Crippen LogP contribution in [0.15, 0.2) is 42.5 Å². The van der Waals surface area contributed by atoms with E-state index >= 15 is 0 Å². The molecule has 0 bridgehead atoms. The Morgan fingerprint density at radius 1 is 1.17 bits per heavy atom. The summed E-state index contributed by atoms with van der Waals surface area (Å²) < 4.78 is 0. The van der Waals surface area contributed by atoms with Gasteiger partial charge in [-0.1, -0.05) is 41.4 Å². The molecule has 3 N–H and O–H groups in total. The minimum atomic E-state index is -0.278. The van der Waals surface area contributed by atoms with Crippen molar-refractivity contribution in [2.45, 2.75) is 32.4 Å². The Balaban J connectivity index is 1.65. The van der Waals surface area contributed by atoms with Crippen LogP contribution < -0.4 is 16.2 Å². The summed E-state index contributed by atoms with van der Waals surface area (Å²) in [6, 6.07) is 13.5. The summed E-state index contributed by atoms with van der Waals surface area (Å²) in [6.07, 6.45) is 0.678. The largest absolute Gasteiger partial charge is 0.324 e. The number of hydrazine groups is 1. The summed E-state index contributed by atoms with van der Waals surface area (Å²) in [4.78, 5) is 12.5. The highest BCUT2D eigenvalue weighted by molar-refractivity contribution is 6.30. The lowest BCUT2D eigenvalue weighted by Crippen LogP contribution is -2.39. The van der Waals surface area contributed by atoms with E-state index in [4.69, 9.17) is 11.6 Å². The maximum absolute atomic E-state index is 12.5. The van der Waals surface area contributed by atoms with Gasteiger partial charge in [0.15, 0.2) is 0 Å². The minimum Gasteiger partial charge on any atom is -0.324 e. The fourth-order valence-corrected chi connectivity index (χ4v) is 3.04. The number of rotatable bonds is 3. The Bertz CT molecular complexity index is 732. The van der Waals surface area contributed by atoms with Gasteiger partial charge in [0.2, 0.25) is 5.91 Å². The number of nitrogens with one attached hydrogen (secondary N) is 3. The number of benzene rings is 2. The Kier molecular flexibility index (Phi) is 4.66. The molecule has 1 aliphatic rings. The first kappa shape index (κ1) is 16.0. The molecule has 4 nitrogen and oxygen atoms in total. The first-order chi connectivity index (χ1) is 11.0. The molecular formula is C18H20ClN3O. The standard InChI is InChI=1S/C18H20ClN3O/c1-11-6-7-15(12(2)8-11)20-18(23)17-10-16(21-22-17)13-4-3-5-14(19)9-13/h3-9,16-17,21-22H,10H2,1-2H3,(H,20,23). The van der Waals surface area contributed by atoms with Crippen LogP contribution in [0.3, 0.4) is 0 Å². The van der Waals surface area contributed by atoms with E-state index in [0.29, 0.717) is 11.4 Å². The second-order valence-corrected chi connectivity index (χ2v) is 6.43. The van der Waals surface area contributed by atoms with Gasteiger partial charge < -0.3 is 5.32 Å². The number of halogens is 1. The van der Waals surface area contributed by atoms with Gasteiger partial charge in [0.25, 0.3) is 0 Å². The van der Waals surface area contributed by atoms with Crippen LogP contribution in [0, 0.1) is 13.8 Å². The van der Waals surface area contributed by atoms with E-state index in [9.17, 15) is 4.79 Å². The van der Waals surface area contributed by atoms with Gasteiger partial charge >= 0.3 is 0 Å². The van der Waals surface area contributed by atoms with E-state index in [1.54, 1.807) is 0 Å². The molecular weight excluding hydrogens is 310 g/mol.